The van der Waals surface area contributed by atoms with Crippen molar-refractivity contribution in [2.24, 2.45) is 5.73 Å². The molecule has 62 valence electrons. The maximum absolute atomic E-state index is 11.4. The fraction of sp³-hybridized carbons (Fsp3) is 0.333. The minimum Gasteiger partial charge on any atom is -0.327 e. The van der Waals surface area contributed by atoms with Crippen molar-refractivity contribution in [2.75, 3.05) is 0 Å². The molecular formula is C9H10N2O. The first-order chi connectivity index (χ1) is 5.77. The Balaban J connectivity index is 2.47. The third-order valence-electron chi connectivity index (χ3n) is 2.09. The van der Waals surface area contributed by atoms with Gasteiger partial charge in [-0.2, -0.15) is 0 Å². The van der Waals surface area contributed by atoms with Gasteiger partial charge >= 0.3 is 0 Å². The van der Waals surface area contributed by atoms with Crippen LogP contribution in [0.3, 0.4) is 0 Å². The zero-order valence-electron chi connectivity index (χ0n) is 6.66. The monoisotopic (exact) mass is 162 g/mol. The molecule has 12 heavy (non-hydrogen) atoms. The van der Waals surface area contributed by atoms with Gasteiger partial charge in [0.2, 0.25) is 0 Å². The number of hydrogen-bond donors (Lipinski definition) is 1. The maximum Gasteiger partial charge on any atom is 0.166 e. The van der Waals surface area contributed by atoms with Crippen LogP contribution in [0, 0.1) is 0 Å². The van der Waals surface area contributed by atoms with Crippen LogP contribution in [-0.4, -0.2) is 16.8 Å². The van der Waals surface area contributed by atoms with Gasteiger partial charge < -0.3 is 5.73 Å². The van der Waals surface area contributed by atoms with E-state index >= 15 is 0 Å². The number of hydrogen-bond acceptors (Lipinski definition) is 3. The SMILES string of the molecule is NC1CC(=O)c2cccnc2C1. The number of ketones is 1. The summed E-state index contributed by atoms with van der Waals surface area (Å²) in [7, 11) is 0. The lowest BCUT2D eigenvalue weighted by Gasteiger charge is -2.18. The van der Waals surface area contributed by atoms with Crippen LogP contribution in [0.25, 0.3) is 0 Å². The number of carbonyl (C=O) groups is 1. The molecule has 1 aliphatic rings. The van der Waals surface area contributed by atoms with Crippen molar-refractivity contribution in [3.63, 3.8) is 0 Å². The number of carbonyl (C=O) groups excluding carboxylic acids is 1. The van der Waals surface area contributed by atoms with Gasteiger partial charge in [-0.1, -0.05) is 0 Å². The molecule has 1 heterocycles. The molecule has 3 nitrogen and oxygen atoms in total. The summed E-state index contributed by atoms with van der Waals surface area (Å²) >= 11 is 0. The minimum atomic E-state index is -0.0418. The molecule has 0 aliphatic heterocycles. The van der Waals surface area contributed by atoms with Gasteiger partial charge in [-0.15, -0.1) is 0 Å². The summed E-state index contributed by atoms with van der Waals surface area (Å²) in [6.07, 6.45) is 2.88. The van der Waals surface area contributed by atoms with E-state index in [0.717, 1.165) is 17.7 Å². The molecule has 0 fully saturated rings. The van der Waals surface area contributed by atoms with Crippen molar-refractivity contribution in [3.8, 4) is 0 Å². The van der Waals surface area contributed by atoms with Crippen LogP contribution < -0.4 is 5.73 Å². The average molecular weight is 162 g/mol. The zero-order valence-corrected chi connectivity index (χ0v) is 6.66. The van der Waals surface area contributed by atoms with Crippen LogP contribution in [-0.2, 0) is 6.42 Å². The van der Waals surface area contributed by atoms with Crippen LogP contribution in [0.2, 0.25) is 0 Å². The average Bonchev–Trinajstić information content (AvgIpc) is 2.04. The summed E-state index contributed by atoms with van der Waals surface area (Å²) in [5, 5.41) is 0. The largest absolute Gasteiger partial charge is 0.327 e. The molecule has 0 saturated heterocycles. The van der Waals surface area contributed by atoms with E-state index in [1.54, 1.807) is 12.3 Å². The number of Topliss-reactive ketones (excluding diaryl/α,β-unsaturated/α-hetero) is 1. The van der Waals surface area contributed by atoms with E-state index in [-0.39, 0.29) is 11.8 Å². The van der Waals surface area contributed by atoms with Crippen LogP contribution >= 0.6 is 0 Å². The van der Waals surface area contributed by atoms with E-state index in [2.05, 4.69) is 4.98 Å². The lowest BCUT2D eigenvalue weighted by molar-refractivity contribution is 0.0964. The first-order valence-corrected chi connectivity index (χ1v) is 4.00. The second-order valence-corrected chi connectivity index (χ2v) is 3.09. The molecule has 0 spiro atoms. The Kier molecular flexibility index (Phi) is 1.66. The highest BCUT2D eigenvalue weighted by molar-refractivity contribution is 5.98. The van der Waals surface area contributed by atoms with Gasteiger partial charge in [-0.05, 0) is 12.1 Å². The van der Waals surface area contributed by atoms with E-state index in [1.807, 2.05) is 6.07 Å². The lowest BCUT2D eigenvalue weighted by Crippen LogP contribution is -2.32. The summed E-state index contributed by atoms with van der Waals surface area (Å²) < 4.78 is 0. The highest BCUT2D eigenvalue weighted by atomic mass is 16.1. The Bertz CT molecular complexity index is 322. The van der Waals surface area contributed by atoms with Crippen molar-refractivity contribution >= 4 is 5.78 Å². The number of fused-ring (bicyclic) bond motifs is 1. The third kappa shape index (κ3) is 1.12. The Morgan fingerprint density at radius 1 is 1.50 bits per heavy atom. The first kappa shape index (κ1) is 7.43. The van der Waals surface area contributed by atoms with E-state index in [0.29, 0.717) is 6.42 Å². The second kappa shape index (κ2) is 2.68. The normalized spacial score (nSPS) is 22.1. The molecule has 1 aromatic rings. The molecule has 1 atom stereocenters. The summed E-state index contributed by atoms with van der Waals surface area (Å²) in [4.78, 5) is 15.5. The van der Waals surface area contributed by atoms with Gasteiger partial charge in [-0.25, -0.2) is 0 Å². The molecule has 2 rings (SSSR count). The molecular weight excluding hydrogens is 152 g/mol. The van der Waals surface area contributed by atoms with Crippen LogP contribution in [0.15, 0.2) is 18.3 Å². The number of pyridine rings is 1. The van der Waals surface area contributed by atoms with E-state index in [9.17, 15) is 4.79 Å². The highest BCUT2D eigenvalue weighted by Crippen LogP contribution is 2.17. The van der Waals surface area contributed by atoms with Gasteiger partial charge in [0.1, 0.15) is 0 Å². The molecule has 0 saturated carbocycles. The van der Waals surface area contributed by atoms with Gasteiger partial charge in [0.15, 0.2) is 5.78 Å². The van der Waals surface area contributed by atoms with E-state index in [1.165, 1.54) is 0 Å². The predicted octanol–water partition coefficient (Wildman–Crippen LogP) is 0.538. The highest BCUT2D eigenvalue weighted by Gasteiger charge is 2.22. The van der Waals surface area contributed by atoms with Crippen LogP contribution in [0.4, 0.5) is 0 Å². The summed E-state index contributed by atoms with van der Waals surface area (Å²) in [5.41, 5.74) is 7.28. The van der Waals surface area contributed by atoms with Crippen molar-refractivity contribution in [1.82, 2.24) is 4.98 Å². The fourth-order valence-corrected chi connectivity index (χ4v) is 1.52. The van der Waals surface area contributed by atoms with Crippen molar-refractivity contribution < 1.29 is 4.79 Å². The summed E-state index contributed by atoms with van der Waals surface area (Å²) in [6.45, 7) is 0. The number of nitrogens with two attached hydrogens (primary N) is 1. The molecule has 0 aromatic carbocycles. The molecule has 1 aromatic heterocycles. The molecule has 1 aliphatic carbocycles. The van der Waals surface area contributed by atoms with Crippen LogP contribution in [0.1, 0.15) is 22.5 Å². The van der Waals surface area contributed by atoms with Crippen molar-refractivity contribution in [1.29, 1.82) is 0 Å². The van der Waals surface area contributed by atoms with E-state index in [4.69, 9.17) is 5.73 Å². The molecule has 0 bridgehead atoms. The molecule has 0 radical (unpaired) electrons. The second-order valence-electron chi connectivity index (χ2n) is 3.09. The van der Waals surface area contributed by atoms with Gasteiger partial charge in [0, 0.05) is 30.6 Å². The smallest absolute Gasteiger partial charge is 0.166 e. The maximum atomic E-state index is 11.4. The number of nitrogens with zero attached hydrogens (tertiary/aromatic N) is 1. The Morgan fingerprint density at radius 3 is 3.17 bits per heavy atom. The van der Waals surface area contributed by atoms with Crippen molar-refractivity contribution in [2.45, 2.75) is 18.9 Å². The molecule has 2 N–H and O–H groups in total. The lowest BCUT2D eigenvalue weighted by atomic mass is 9.92. The Hall–Kier alpha value is -1.22. The van der Waals surface area contributed by atoms with Gasteiger partial charge in [0.05, 0.1) is 5.69 Å². The Labute approximate surface area is 70.6 Å². The van der Waals surface area contributed by atoms with E-state index < -0.39 is 0 Å². The molecule has 0 amide bonds. The number of aromatic nitrogens is 1. The summed E-state index contributed by atoms with van der Waals surface area (Å²) in [6, 6.07) is 3.56. The third-order valence-corrected chi connectivity index (χ3v) is 2.09. The van der Waals surface area contributed by atoms with Crippen LogP contribution in [0.5, 0.6) is 0 Å². The standard InChI is InChI=1S/C9H10N2O/c10-6-4-8-7(9(12)5-6)2-1-3-11-8/h1-3,6H,4-5,10H2. The topological polar surface area (TPSA) is 56.0 Å². The predicted molar refractivity (Wildman–Crippen MR) is 44.9 cm³/mol. The first-order valence-electron chi connectivity index (χ1n) is 4.00. The molecule has 3 heteroatoms. The van der Waals surface area contributed by atoms with Gasteiger partial charge in [0.25, 0.3) is 0 Å². The van der Waals surface area contributed by atoms with Gasteiger partial charge in [-0.3, -0.25) is 9.78 Å². The fourth-order valence-electron chi connectivity index (χ4n) is 1.52. The Morgan fingerprint density at radius 2 is 2.33 bits per heavy atom. The quantitative estimate of drug-likeness (QED) is 0.605. The number of rotatable bonds is 0. The van der Waals surface area contributed by atoms with Crippen molar-refractivity contribution in [3.05, 3.63) is 29.6 Å². The molecule has 1 unspecified atom stereocenters. The zero-order chi connectivity index (χ0) is 8.55. The minimum absolute atomic E-state index is 0.0418. The summed E-state index contributed by atoms with van der Waals surface area (Å²) in [5.74, 6) is 0.122.